The minimum Gasteiger partial charge on any atom is -0.479 e. The standard InChI is InChI=1S/C19H17Cl2N3O3S2/c1-10(27-16-5-3-12(20)7-14(16)21)18(26)24-19-23-15(9-28-19)17-6-4-13(29-17)8-22-11(2)25/h3-7,9-10H,8H2,1-2H3,(H,22,25)(H,23,24,26). The molecule has 0 saturated carbocycles. The van der Waals surface area contributed by atoms with Gasteiger partial charge in [0.2, 0.25) is 5.91 Å². The van der Waals surface area contributed by atoms with Gasteiger partial charge in [-0.05, 0) is 37.3 Å². The molecule has 0 aliphatic heterocycles. The summed E-state index contributed by atoms with van der Waals surface area (Å²) >= 11 is 14.8. The predicted octanol–water partition coefficient (Wildman–Crippen LogP) is 5.22. The van der Waals surface area contributed by atoms with Crippen LogP contribution in [0.25, 0.3) is 10.6 Å². The van der Waals surface area contributed by atoms with Gasteiger partial charge in [-0.15, -0.1) is 22.7 Å². The molecule has 6 nitrogen and oxygen atoms in total. The van der Waals surface area contributed by atoms with E-state index in [4.69, 9.17) is 27.9 Å². The zero-order valence-corrected chi connectivity index (χ0v) is 18.6. The lowest BCUT2D eigenvalue weighted by Gasteiger charge is -2.14. The number of aromatic nitrogens is 1. The molecule has 10 heteroatoms. The largest absolute Gasteiger partial charge is 0.479 e. The third kappa shape index (κ3) is 5.93. The van der Waals surface area contributed by atoms with Gasteiger partial charge in [0.15, 0.2) is 11.2 Å². The highest BCUT2D eigenvalue weighted by atomic mass is 35.5. The number of hydrogen-bond acceptors (Lipinski definition) is 6. The number of nitrogens with zero attached hydrogens (tertiary/aromatic N) is 1. The van der Waals surface area contributed by atoms with E-state index in [1.165, 1.54) is 29.6 Å². The first-order valence-corrected chi connectivity index (χ1v) is 11.0. The maximum Gasteiger partial charge on any atom is 0.266 e. The van der Waals surface area contributed by atoms with E-state index < -0.39 is 6.10 Å². The van der Waals surface area contributed by atoms with Crippen LogP contribution in [0.4, 0.5) is 5.13 Å². The predicted molar refractivity (Wildman–Crippen MR) is 118 cm³/mol. The Labute approximate surface area is 185 Å². The van der Waals surface area contributed by atoms with E-state index in [1.807, 2.05) is 17.5 Å². The van der Waals surface area contributed by atoms with Crippen LogP contribution in [0.2, 0.25) is 10.0 Å². The van der Waals surface area contributed by atoms with Crippen molar-refractivity contribution in [2.75, 3.05) is 5.32 Å². The van der Waals surface area contributed by atoms with E-state index in [9.17, 15) is 9.59 Å². The van der Waals surface area contributed by atoms with Crippen molar-refractivity contribution in [2.45, 2.75) is 26.5 Å². The molecule has 2 N–H and O–H groups in total. The fraction of sp³-hybridized carbons (Fsp3) is 0.211. The fourth-order valence-corrected chi connectivity index (χ4v) is 4.44. The number of hydrogen-bond donors (Lipinski definition) is 2. The quantitative estimate of drug-likeness (QED) is 0.496. The maximum absolute atomic E-state index is 12.4. The number of nitrogens with one attached hydrogen (secondary N) is 2. The summed E-state index contributed by atoms with van der Waals surface area (Å²) in [5, 5.41) is 8.68. The molecule has 0 bridgehead atoms. The van der Waals surface area contributed by atoms with Crippen molar-refractivity contribution in [3.8, 4) is 16.3 Å². The molecule has 3 rings (SSSR count). The SMILES string of the molecule is CC(=O)NCc1ccc(-c2csc(NC(=O)C(C)Oc3ccc(Cl)cc3Cl)n2)s1. The zero-order valence-electron chi connectivity index (χ0n) is 15.5. The topological polar surface area (TPSA) is 80.3 Å². The fourth-order valence-electron chi connectivity index (χ4n) is 2.29. The van der Waals surface area contributed by atoms with Crippen LogP contribution >= 0.6 is 45.9 Å². The number of carbonyl (C=O) groups excluding carboxylic acids is 2. The highest BCUT2D eigenvalue weighted by molar-refractivity contribution is 7.17. The summed E-state index contributed by atoms with van der Waals surface area (Å²) in [4.78, 5) is 29.9. The monoisotopic (exact) mass is 469 g/mol. The molecule has 1 aromatic carbocycles. The molecule has 1 unspecified atom stereocenters. The number of thiazole rings is 1. The second-order valence-corrected chi connectivity index (χ2v) is 8.91. The summed E-state index contributed by atoms with van der Waals surface area (Å²) < 4.78 is 5.62. The maximum atomic E-state index is 12.4. The van der Waals surface area contributed by atoms with Gasteiger partial charge in [0, 0.05) is 22.2 Å². The van der Waals surface area contributed by atoms with Crippen LogP contribution in [0.15, 0.2) is 35.7 Å². The Kier molecular flexibility index (Phi) is 7.13. The van der Waals surface area contributed by atoms with E-state index in [-0.39, 0.29) is 11.8 Å². The van der Waals surface area contributed by atoms with Crippen molar-refractivity contribution in [3.63, 3.8) is 0 Å². The highest BCUT2D eigenvalue weighted by Crippen LogP contribution is 2.31. The zero-order chi connectivity index (χ0) is 21.0. The number of rotatable bonds is 7. The minimum absolute atomic E-state index is 0.0742. The molecule has 2 heterocycles. The average molecular weight is 470 g/mol. The summed E-state index contributed by atoms with van der Waals surface area (Å²) in [5.74, 6) is -0.0342. The summed E-state index contributed by atoms with van der Waals surface area (Å²) in [6.07, 6.45) is -0.771. The number of halogens is 2. The summed E-state index contributed by atoms with van der Waals surface area (Å²) in [6, 6.07) is 8.69. The third-order valence-electron chi connectivity index (χ3n) is 3.73. The van der Waals surface area contributed by atoms with Gasteiger partial charge in [-0.1, -0.05) is 23.2 Å². The normalized spacial score (nSPS) is 11.7. The van der Waals surface area contributed by atoms with Gasteiger partial charge in [-0.2, -0.15) is 0 Å². The summed E-state index contributed by atoms with van der Waals surface area (Å²) in [5.41, 5.74) is 0.763. The second-order valence-electron chi connectivity index (χ2n) is 6.04. The number of anilines is 1. The van der Waals surface area contributed by atoms with Crippen LogP contribution in [0.5, 0.6) is 5.75 Å². The van der Waals surface area contributed by atoms with Crippen LogP contribution in [-0.4, -0.2) is 22.9 Å². The molecular formula is C19H17Cl2N3O3S2. The molecule has 0 aliphatic rings. The minimum atomic E-state index is -0.771. The van der Waals surface area contributed by atoms with Crippen LogP contribution in [0.3, 0.4) is 0 Å². The van der Waals surface area contributed by atoms with Crippen molar-refractivity contribution in [3.05, 3.63) is 50.6 Å². The lowest BCUT2D eigenvalue weighted by molar-refractivity contribution is -0.122. The molecule has 0 radical (unpaired) electrons. The van der Waals surface area contributed by atoms with Gasteiger partial charge in [-0.25, -0.2) is 4.98 Å². The Morgan fingerprint density at radius 3 is 2.76 bits per heavy atom. The Bertz CT molecular complexity index is 1040. The molecular weight excluding hydrogens is 453 g/mol. The van der Waals surface area contributed by atoms with Crippen LogP contribution < -0.4 is 15.4 Å². The highest BCUT2D eigenvalue weighted by Gasteiger charge is 2.18. The van der Waals surface area contributed by atoms with Gasteiger partial charge in [0.1, 0.15) is 5.75 Å². The molecule has 1 atom stereocenters. The molecule has 0 spiro atoms. The Hall–Kier alpha value is -2.13. The van der Waals surface area contributed by atoms with Gasteiger partial charge in [0.05, 0.1) is 22.1 Å². The van der Waals surface area contributed by atoms with Crippen LogP contribution in [-0.2, 0) is 16.1 Å². The van der Waals surface area contributed by atoms with E-state index in [0.29, 0.717) is 27.5 Å². The van der Waals surface area contributed by atoms with Gasteiger partial charge >= 0.3 is 0 Å². The third-order valence-corrected chi connectivity index (χ3v) is 6.12. The van der Waals surface area contributed by atoms with Crippen LogP contribution in [0, 0.1) is 0 Å². The Morgan fingerprint density at radius 2 is 2.03 bits per heavy atom. The second kappa shape index (κ2) is 9.58. The Balaban J connectivity index is 1.60. The first kappa shape index (κ1) is 21.6. The average Bonchev–Trinajstić information content (AvgIpc) is 3.31. The molecule has 0 fully saturated rings. The summed E-state index contributed by atoms with van der Waals surface area (Å²) in [6.45, 7) is 3.59. The lowest BCUT2D eigenvalue weighted by Crippen LogP contribution is -2.30. The Morgan fingerprint density at radius 1 is 1.24 bits per heavy atom. The number of benzene rings is 1. The molecule has 2 amide bonds. The smallest absolute Gasteiger partial charge is 0.266 e. The number of amides is 2. The molecule has 152 valence electrons. The van der Waals surface area contributed by atoms with Crippen LogP contribution in [0.1, 0.15) is 18.7 Å². The van der Waals surface area contributed by atoms with Crippen molar-refractivity contribution < 1.29 is 14.3 Å². The van der Waals surface area contributed by atoms with E-state index in [1.54, 1.807) is 25.1 Å². The van der Waals surface area contributed by atoms with E-state index in [0.717, 1.165) is 15.4 Å². The first-order chi connectivity index (χ1) is 13.8. The van der Waals surface area contributed by atoms with Crippen molar-refractivity contribution in [1.82, 2.24) is 10.3 Å². The van der Waals surface area contributed by atoms with Gasteiger partial charge < -0.3 is 10.1 Å². The molecule has 0 saturated heterocycles. The van der Waals surface area contributed by atoms with Gasteiger partial charge in [-0.3, -0.25) is 14.9 Å². The molecule has 3 aromatic rings. The lowest BCUT2D eigenvalue weighted by atomic mass is 10.3. The first-order valence-electron chi connectivity index (χ1n) is 8.53. The summed E-state index contributed by atoms with van der Waals surface area (Å²) in [7, 11) is 0. The van der Waals surface area contributed by atoms with Crippen molar-refractivity contribution in [1.29, 1.82) is 0 Å². The van der Waals surface area contributed by atoms with Crippen molar-refractivity contribution >= 4 is 62.8 Å². The number of ether oxygens (including phenoxy) is 1. The van der Waals surface area contributed by atoms with Crippen molar-refractivity contribution in [2.24, 2.45) is 0 Å². The van der Waals surface area contributed by atoms with Gasteiger partial charge in [0.25, 0.3) is 5.91 Å². The molecule has 29 heavy (non-hydrogen) atoms. The van der Waals surface area contributed by atoms with E-state index in [2.05, 4.69) is 15.6 Å². The molecule has 2 aromatic heterocycles. The van der Waals surface area contributed by atoms with E-state index >= 15 is 0 Å². The number of carbonyl (C=O) groups is 2. The number of thiophene rings is 1. The molecule has 0 aliphatic carbocycles.